The number of piperidine rings is 1. The van der Waals surface area contributed by atoms with Crippen molar-refractivity contribution >= 4 is 21.8 Å². The molecule has 0 unspecified atom stereocenters. The van der Waals surface area contributed by atoms with Gasteiger partial charge in [-0.3, -0.25) is 9.59 Å². The summed E-state index contributed by atoms with van der Waals surface area (Å²) in [6, 6.07) is 3.61. The molecule has 0 radical (unpaired) electrons. The monoisotopic (exact) mass is 310 g/mol. The van der Waals surface area contributed by atoms with Gasteiger partial charge in [-0.15, -0.1) is 0 Å². The van der Waals surface area contributed by atoms with Gasteiger partial charge in [-0.1, -0.05) is 22.5 Å². The number of carbonyl (C=O) groups is 1. The van der Waals surface area contributed by atoms with Gasteiger partial charge < -0.3 is 9.47 Å². The summed E-state index contributed by atoms with van der Waals surface area (Å²) >= 11 is 3.28. The topological polar surface area (TPSA) is 42.3 Å². The first-order chi connectivity index (χ1) is 8.61. The van der Waals surface area contributed by atoms with E-state index in [1.54, 1.807) is 15.5 Å². The van der Waals surface area contributed by atoms with Crippen molar-refractivity contribution in [1.82, 2.24) is 9.47 Å². The molecular weight excluding hydrogens is 296 g/mol. The van der Waals surface area contributed by atoms with Gasteiger partial charge in [0.1, 0.15) is 0 Å². The molecule has 1 aromatic rings. The van der Waals surface area contributed by atoms with E-state index in [2.05, 4.69) is 22.5 Å². The number of hydrogen-bond acceptors (Lipinski definition) is 2. The Morgan fingerprint density at radius 2 is 2.11 bits per heavy atom. The van der Waals surface area contributed by atoms with Gasteiger partial charge in [-0.05, 0) is 25.0 Å². The smallest absolute Gasteiger partial charge is 0.251 e. The highest BCUT2D eigenvalue weighted by molar-refractivity contribution is 9.10. The molecule has 2 heterocycles. The van der Waals surface area contributed by atoms with Crippen LogP contribution in [0.1, 0.15) is 18.9 Å². The van der Waals surface area contributed by atoms with Crippen LogP contribution in [0.25, 0.3) is 0 Å². The van der Waals surface area contributed by atoms with Crippen molar-refractivity contribution in [2.75, 3.05) is 13.1 Å². The van der Waals surface area contributed by atoms with E-state index in [0.29, 0.717) is 13.1 Å². The lowest BCUT2D eigenvalue weighted by Crippen LogP contribution is -2.39. The number of rotatable bonds is 2. The first-order valence-corrected chi connectivity index (χ1v) is 6.70. The normalized spacial score (nSPS) is 16.6. The number of pyridine rings is 1. The number of carbonyl (C=O) groups excluding carboxylic acids is 1. The van der Waals surface area contributed by atoms with Gasteiger partial charge in [-0.25, -0.2) is 0 Å². The summed E-state index contributed by atoms with van der Waals surface area (Å²) < 4.78 is 2.54. The van der Waals surface area contributed by atoms with Crippen molar-refractivity contribution in [3.63, 3.8) is 0 Å². The first-order valence-electron chi connectivity index (χ1n) is 5.91. The largest absolute Gasteiger partial charge is 0.339 e. The maximum absolute atomic E-state index is 11.8. The second-order valence-electron chi connectivity index (χ2n) is 4.35. The van der Waals surface area contributed by atoms with Crippen LogP contribution in [0, 0.1) is 0 Å². The summed E-state index contributed by atoms with van der Waals surface area (Å²) in [6.45, 7) is 4.84. The standard InChI is InChI=1S/C13H15BrN2O2/c1-2-12(17)15-6-4-11(5-7-15)16-8-3-10(14)9-13(16)18/h2-3,8-9,11H,1,4-7H2. The van der Waals surface area contributed by atoms with Crippen molar-refractivity contribution in [2.45, 2.75) is 18.9 Å². The van der Waals surface area contributed by atoms with Gasteiger partial charge in [0.15, 0.2) is 0 Å². The molecule has 2 rings (SSSR count). The van der Waals surface area contributed by atoms with E-state index >= 15 is 0 Å². The van der Waals surface area contributed by atoms with Gasteiger partial charge in [0.05, 0.1) is 0 Å². The van der Waals surface area contributed by atoms with Crippen LogP contribution in [0.15, 0.2) is 40.3 Å². The molecule has 1 aliphatic rings. The number of amides is 1. The van der Waals surface area contributed by atoms with Crippen LogP contribution in [-0.4, -0.2) is 28.5 Å². The molecule has 4 nitrogen and oxygen atoms in total. The zero-order chi connectivity index (χ0) is 13.1. The minimum atomic E-state index is -0.0309. The second-order valence-corrected chi connectivity index (χ2v) is 5.27. The fraction of sp³-hybridized carbons (Fsp3) is 0.385. The number of halogens is 1. The molecule has 0 spiro atoms. The lowest BCUT2D eigenvalue weighted by atomic mass is 10.0. The summed E-state index contributed by atoms with van der Waals surface area (Å²) in [4.78, 5) is 25.1. The highest BCUT2D eigenvalue weighted by atomic mass is 79.9. The van der Waals surface area contributed by atoms with Crippen molar-refractivity contribution in [2.24, 2.45) is 0 Å². The van der Waals surface area contributed by atoms with Crippen LogP contribution in [0.3, 0.4) is 0 Å². The Kier molecular flexibility index (Phi) is 4.01. The Balaban J connectivity index is 2.08. The molecule has 1 aromatic heterocycles. The average Bonchev–Trinajstić information content (AvgIpc) is 2.38. The maximum atomic E-state index is 11.8. The Morgan fingerprint density at radius 1 is 1.44 bits per heavy atom. The summed E-state index contributed by atoms with van der Waals surface area (Å²) in [7, 11) is 0. The molecular formula is C13H15BrN2O2. The third kappa shape index (κ3) is 2.72. The lowest BCUT2D eigenvalue weighted by molar-refractivity contribution is -0.127. The van der Waals surface area contributed by atoms with Crippen molar-refractivity contribution in [1.29, 1.82) is 0 Å². The molecule has 1 saturated heterocycles. The van der Waals surface area contributed by atoms with Gasteiger partial charge in [0.25, 0.3) is 5.56 Å². The highest BCUT2D eigenvalue weighted by Crippen LogP contribution is 2.21. The van der Waals surface area contributed by atoms with E-state index in [1.807, 2.05) is 12.3 Å². The minimum Gasteiger partial charge on any atom is -0.339 e. The molecule has 0 aliphatic carbocycles. The van der Waals surface area contributed by atoms with E-state index in [-0.39, 0.29) is 17.5 Å². The van der Waals surface area contributed by atoms with Crippen molar-refractivity contribution in [3.05, 3.63) is 45.8 Å². The maximum Gasteiger partial charge on any atom is 0.251 e. The van der Waals surface area contributed by atoms with Crippen molar-refractivity contribution < 1.29 is 4.79 Å². The predicted octanol–water partition coefficient (Wildman–Crippen LogP) is 1.96. The SMILES string of the molecule is C=CC(=O)N1CCC(n2ccc(Br)cc2=O)CC1. The van der Waals surface area contributed by atoms with Gasteiger partial charge in [-0.2, -0.15) is 0 Å². The zero-order valence-electron chi connectivity index (χ0n) is 10.0. The van der Waals surface area contributed by atoms with Gasteiger partial charge >= 0.3 is 0 Å². The Morgan fingerprint density at radius 3 is 2.67 bits per heavy atom. The highest BCUT2D eigenvalue weighted by Gasteiger charge is 2.22. The molecule has 96 valence electrons. The number of nitrogens with zero attached hydrogens (tertiary/aromatic N) is 2. The van der Waals surface area contributed by atoms with Crippen LogP contribution >= 0.6 is 15.9 Å². The van der Waals surface area contributed by atoms with Crippen LogP contribution in [-0.2, 0) is 4.79 Å². The minimum absolute atomic E-state index is 0.00197. The summed E-state index contributed by atoms with van der Waals surface area (Å²) in [5.41, 5.74) is -0.00197. The van der Waals surface area contributed by atoms with Crippen LogP contribution < -0.4 is 5.56 Å². The second kappa shape index (κ2) is 5.52. The van der Waals surface area contributed by atoms with E-state index in [0.717, 1.165) is 17.3 Å². The molecule has 0 aromatic carbocycles. The molecule has 5 heteroatoms. The third-order valence-corrected chi connectivity index (χ3v) is 3.75. The van der Waals surface area contributed by atoms with E-state index in [1.165, 1.54) is 6.08 Å². The van der Waals surface area contributed by atoms with Crippen LogP contribution in [0.2, 0.25) is 0 Å². The molecule has 0 saturated carbocycles. The quantitative estimate of drug-likeness (QED) is 0.784. The molecule has 18 heavy (non-hydrogen) atoms. The number of hydrogen-bond donors (Lipinski definition) is 0. The fourth-order valence-electron chi connectivity index (χ4n) is 2.26. The first kappa shape index (κ1) is 13.1. The van der Waals surface area contributed by atoms with Crippen molar-refractivity contribution in [3.8, 4) is 0 Å². The Labute approximate surface area is 114 Å². The Bertz CT molecular complexity index is 516. The van der Waals surface area contributed by atoms with Crippen LogP contribution in [0.4, 0.5) is 0 Å². The van der Waals surface area contributed by atoms with E-state index < -0.39 is 0 Å². The lowest BCUT2D eigenvalue weighted by Gasteiger charge is -2.32. The van der Waals surface area contributed by atoms with Gasteiger partial charge in [0, 0.05) is 35.9 Å². The third-order valence-electron chi connectivity index (χ3n) is 3.25. The predicted molar refractivity (Wildman–Crippen MR) is 73.5 cm³/mol. The molecule has 0 atom stereocenters. The Hall–Kier alpha value is -1.36. The molecule has 1 fully saturated rings. The summed E-state index contributed by atoms with van der Waals surface area (Å²) in [5.74, 6) is -0.0309. The summed E-state index contributed by atoms with van der Waals surface area (Å²) in [6.07, 6.45) is 4.76. The van der Waals surface area contributed by atoms with Crippen LogP contribution in [0.5, 0.6) is 0 Å². The van der Waals surface area contributed by atoms with E-state index in [9.17, 15) is 9.59 Å². The average molecular weight is 311 g/mol. The fourth-order valence-corrected chi connectivity index (χ4v) is 2.57. The van der Waals surface area contributed by atoms with E-state index in [4.69, 9.17) is 0 Å². The molecule has 1 amide bonds. The molecule has 1 aliphatic heterocycles. The molecule has 0 bridgehead atoms. The summed E-state index contributed by atoms with van der Waals surface area (Å²) in [5, 5.41) is 0. The number of likely N-dealkylation sites (tertiary alicyclic amines) is 1. The molecule has 0 N–H and O–H groups in total. The van der Waals surface area contributed by atoms with Gasteiger partial charge in [0.2, 0.25) is 5.91 Å². The zero-order valence-corrected chi connectivity index (χ0v) is 11.6. The number of aromatic nitrogens is 1.